The van der Waals surface area contributed by atoms with Crippen molar-refractivity contribution in [2.24, 2.45) is 0 Å². The highest BCUT2D eigenvalue weighted by atomic mass is 16.5. The van der Waals surface area contributed by atoms with E-state index in [-0.39, 0.29) is 6.03 Å². The van der Waals surface area contributed by atoms with E-state index in [9.17, 15) is 4.79 Å². The number of nitrogens with one attached hydrogen (secondary N) is 1. The average molecular weight is 396 g/mol. The lowest BCUT2D eigenvalue weighted by molar-refractivity contribution is 0.197. The van der Waals surface area contributed by atoms with E-state index in [1.807, 2.05) is 29.8 Å². The van der Waals surface area contributed by atoms with E-state index in [0.29, 0.717) is 42.1 Å². The van der Waals surface area contributed by atoms with Crippen LogP contribution in [-0.2, 0) is 6.54 Å². The van der Waals surface area contributed by atoms with Gasteiger partial charge in [-0.3, -0.25) is 4.98 Å². The highest BCUT2D eigenvalue weighted by molar-refractivity contribution is 5.75. The molecule has 0 spiro atoms. The number of nitrogens with zero attached hydrogens (tertiary/aromatic N) is 5. The molecule has 9 heteroatoms. The zero-order chi connectivity index (χ0) is 20.4. The lowest BCUT2D eigenvalue weighted by Gasteiger charge is -2.21. The van der Waals surface area contributed by atoms with Gasteiger partial charge < -0.3 is 24.1 Å². The minimum Gasteiger partial charge on any atom is -0.494 e. The lowest BCUT2D eigenvalue weighted by atomic mass is 10.1. The molecule has 1 fully saturated rings. The zero-order valence-corrected chi connectivity index (χ0v) is 16.8. The summed E-state index contributed by atoms with van der Waals surface area (Å²) in [6, 6.07) is 2.15. The third-order valence-corrected chi connectivity index (χ3v) is 4.88. The van der Waals surface area contributed by atoms with Gasteiger partial charge in [-0.25, -0.2) is 14.8 Å². The Labute approximate surface area is 168 Å². The molecule has 3 heterocycles. The van der Waals surface area contributed by atoms with Gasteiger partial charge in [0.1, 0.15) is 5.75 Å². The molecule has 2 amide bonds. The molecule has 1 saturated carbocycles. The van der Waals surface area contributed by atoms with Gasteiger partial charge >= 0.3 is 6.03 Å². The summed E-state index contributed by atoms with van der Waals surface area (Å²) < 4.78 is 12.7. The number of urea groups is 1. The number of pyridine rings is 1. The summed E-state index contributed by atoms with van der Waals surface area (Å²) in [5, 5.41) is 3.02. The largest absolute Gasteiger partial charge is 0.494 e. The first-order valence-electron chi connectivity index (χ1n) is 9.59. The number of ether oxygens (including phenoxy) is 2. The summed E-state index contributed by atoms with van der Waals surface area (Å²) in [7, 11) is 3.15. The Bertz CT molecular complexity index is 1030. The minimum atomic E-state index is -0.0613. The normalized spacial score (nSPS) is 13.3. The van der Waals surface area contributed by atoms with E-state index >= 15 is 0 Å². The van der Waals surface area contributed by atoms with Crippen LogP contribution in [0.15, 0.2) is 30.9 Å². The molecule has 0 radical (unpaired) electrons. The van der Waals surface area contributed by atoms with Crippen molar-refractivity contribution in [3.05, 3.63) is 36.5 Å². The van der Waals surface area contributed by atoms with Crippen LogP contribution in [0, 0.1) is 0 Å². The van der Waals surface area contributed by atoms with Crippen LogP contribution in [0.1, 0.15) is 25.5 Å². The van der Waals surface area contributed by atoms with Crippen molar-refractivity contribution in [1.82, 2.24) is 29.6 Å². The van der Waals surface area contributed by atoms with E-state index in [1.54, 1.807) is 31.5 Å². The molecule has 0 aliphatic heterocycles. The van der Waals surface area contributed by atoms with Crippen molar-refractivity contribution in [2.75, 3.05) is 20.8 Å². The smallest absolute Gasteiger partial charge is 0.317 e. The fourth-order valence-corrected chi connectivity index (χ4v) is 3.12. The molecule has 4 rings (SSSR count). The maximum absolute atomic E-state index is 12.4. The van der Waals surface area contributed by atoms with E-state index < -0.39 is 0 Å². The maximum atomic E-state index is 12.4. The van der Waals surface area contributed by atoms with Crippen LogP contribution >= 0.6 is 0 Å². The average Bonchev–Trinajstić information content (AvgIpc) is 3.43. The predicted molar refractivity (Wildman–Crippen MR) is 107 cm³/mol. The molecular weight excluding hydrogens is 372 g/mol. The second-order valence-corrected chi connectivity index (χ2v) is 6.91. The Kier molecular flexibility index (Phi) is 5.20. The predicted octanol–water partition coefficient (Wildman–Crippen LogP) is 2.50. The number of hydrogen-bond acceptors (Lipinski definition) is 6. The molecule has 0 atom stereocenters. The topological polar surface area (TPSA) is 93.9 Å². The van der Waals surface area contributed by atoms with E-state index in [1.165, 1.54) is 0 Å². The summed E-state index contributed by atoms with van der Waals surface area (Å²) >= 11 is 0. The van der Waals surface area contributed by atoms with Crippen molar-refractivity contribution in [1.29, 1.82) is 0 Å². The standard InChI is InChI=1S/C20H24N6O3/c1-4-25(20(27)23-13-5-6-13)11-14-9-15(17(28-2)10-22-14)16-12-26-8-7-21-18(26)19(24-16)29-3/h7-10,12-13H,4-6,11H2,1-3H3,(H,23,27). The summed E-state index contributed by atoms with van der Waals surface area (Å²) in [5.41, 5.74) is 2.82. The molecule has 0 bridgehead atoms. The Morgan fingerprint density at radius 2 is 2.14 bits per heavy atom. The summed E-state index contributed by atoms with van der Waals surface area (Å²) in [6.07, 6.45) is 9.15. The number of carbonyl (C=O) groups is 1. The van der Waals surface area contributed by atoms with Crippen LogP contribution in [0.4, 0.5) is 4.79 Å². The molecule has 3 aromatic rings. The van der Waals surface area contributed by atoms with Gasteiger partial charge in [0.15, 0.2) is 5.65 Å². The number of imidazole rings is 1. The third kappa shape index (κ3) is 3.94. The second-order valence-electron chi connectivity index (χ2n) is 6.91. The third-order valence-electron chi connectivity index (χ3n) is 4.88. The van der Waals surface area contributed by atoms with Gasteiger partial charge in [-0.2, -0.15) is 0 Å². The van der Waals surface area contributed by atoms with Gasteiger partial charge in [-0.05, 0) is 25.8 Å². The Morgan fingerprint density at radius 3 is 2.83 bits per heavy atom. The number of rotatable bonds is 7. The lowest BCUT2D eigenvalue weighted by Crippen LogP contribution is -2.40. The number of hydrogen-bond donors (Lipinski definition) is 1. The van der Waals surface area contributed by atoms with Gasteiger partial charge in [0.2, 0.25) is 0 Å². The van der Waals surface area contributed by atoms with Crippen LogP contribution in [0.2, 0.25) is 0 Å². The maximum Gasteiger partial charge on any atom is 0.317 e. The monoisotopic (exact) mass is 396 g/mol. The highest BCUT2D eigenvalue weighted by Crippen LogP contribution is 2.31. The van der Waals surface area contributed by atoms with Crippen LogP contribution in [0.5, 0.6) is 11.6 Å². The Hall–Kier alpha value is -3.36. The number of aromatic nitrogens is 4. The van der Waals surface area contributed by atoms with Crippen molar-refractivity contribution >= 4 is 11.7 Å². The van der Waals surface area contributed by atoms with Gasteiger partial charge in [-0.1, -0.05) is 0 Å². The molecular formula is C20H24N6O3. The molecule has 0 saturated heterocycles. The summed E-state index contributed by atoms with van der Waals surface area (Å²) in [6.45, 7) is 2.95. The summed E-state index contributed by atoms with van der Waals surface area (Å²) in [4.78, 5) is 27.5. The molecule has 0 aromatic carbocycles. The first kappa shape index (κ1) is 19.0. The quantitative estimate of drug-likeness (QED) is 0.659. The zero-order valence-electron chi connectivity index (χ0n) is 16.8. The fraction of sp³-hybridized carbons (Fsp3) is 0.400. The highest BCUT2D eigenvalue weighted by Gasteiger charge is 2.25. The molecule has 152 valence electrons. The first-order chi connectivity index (χ1) is 14.1. The van der Waals surface area contributed by atoms with Crippen LogP contribution in [0.3, 0.4) is 0 Å². The van der Waals surface area contributed by atoms with Gasteiger partial charge in [0.25, 0.3) is 5.88 Å². The van der Waals surface area contributed by atoms with Crippen LogP contribution < -0.4 is 14.8 Å². The van der Waals surface area contributed by atoms with Gasteiger partial charge in [0.05, 0.1) is 38.3 Å². The fourth-order valence-electron chi connectivity index (χ4n) is 3.12. The van der Waals surface area contributed by atoms with Crippen molar-refractivity contribution in [3.63, 3.8) is 0 Å². The van der Waals surface area contributed by atoms with Crippen molar-refractivity contribution in [3.8, 4) is 22.9 Å². The van der Waals surface area contributed by atoms with Gasteiger partial charge in [-0.15, -0.1) is 0 Å². The van der Waals surface area contributed by atoms with Crippen molar-refractivity contribution < 1.29 is 14.3 Å². The van der Waals surface area contributed by atoms with E-state index in [2.05, 4.69) is 20.3 Å². The van der Waals surface area contributed by atoms with E-state index in [4.69, 9.17) is 9.47 Å². The molecule has 3 aromatic heterocycles. The number of amides is 2. The van der Waals surface area contributed by atoms with Crippen LogP contribution in [0.25, 0.3) is 16.9 Å². The van der Waals surface area contributed by atoms with Gasteiger partial charge in [0, 0.05) is 36.7 Å². The molecule has 1 aliphatic carbocycles. The number of methoxy groups -OCH3 is 2. The first-order valence-corrected chi connectivity index (χ1v) is 9.59. The number of fused-ring (bicyclic) bond motifs is 1. The molecule has 9 nitrogen and oxygen atoms in total. The van der Waals surface area contributed by atoms with Crippen molar-refractivity contribution in [2.45, 2.75) is 32.4 Å². The SMILES string of the molecule is CCN(Cc1cc(-c2cn3ccnc3c(OC)n2)c(OC)cn1)C(=O)NC1CC1. The summed E-state index contributed by atoms with van der Waals surface area (Å²) in [5.74, 6) is 1.01. The molecule has 29 heavy (non-hydrogen) atoms. The van der Waals surface area contributed by atoms with E-state index in [0.717, 1.165) is 24.1 Å². The Morgan fingerprint density at radius 1 is 1.31 bits per heavy atom. The minimum absolute atomic E-state index is 0.0613. The Balaban J connectivity index is 1.67. The number of carbonyl (C=O) groups excluding carboxylic acids is 1. The molecule has 1 N–H and O–H groups in total. The second kappa shape index (κ2) is 7.94. The molecule has 0 unspecified atom stereocenters. The molecule has 1 aliphatic rings. The van der Waals surface area contributed by atoms with Crippen LogP contribution in [-0.4, -0.2) is 57.1 Å².